The summed E-state index contributed by atoms with van der Waals surface area (Å²) in [6.45, 7) is 4.47. The van der Waals surface area contributed by atoms with Gasteiger partial charge in [-0.1, -0.05) is 25.3 Å². The van der Waals surface area contributed by atoms with Crippen molar-refractivity contribution in [3.63, 3.8) is 0 Å². The molecule has 0 heterocycles. The van der Waals surface area contributed by atoms with Gasteiger partial charge in [0.25, 0.3) is 0 Å². The molecule has 1 aliphatic carbocycles. The zero-order valence-corrected chi connectivity index (χ0v) is 10.3. The molecule has 0 aromatic heterocycles. The molecule has 3 nitrogen and oxygen atoms in total. The highest BCUT2D eigenvalue weighted by Crippen LogP contribution is 2.24. The fraction of sp³-hybridized carbons (Fsp3) is 0.769. The minimum atomic E-state index is -0.411. The van der Waals surface area contributed by atoms with Crippen LogP contribution in [0.3, 0.4) is 0 Å². The number of hydrogen-bond acceptors (Lipinski definition) is 2. The molecular formula is C13H24N2O. The summed E-state index contributed by atoms with van der Waals surface area (Å²) in [7, 11) is 1.86. The highest BCUT2D eigenvalue weighted by atomic mass is 16.2. The van der Waals surface area contributed by atoms with Crippen LogP contribution in [0, 0.1) is 5.92 Å². The number of carbonyl (C=O) groups is 1. The highest BCUT2D eigenvalue weighted by Gasteiger charge is 2.21. The molecule has 0 saturated heterocycles. The third-order valence-electron chi connectivity index (χ3n) is 3.37. The molecule has 0 spiro atoms. The monoisotopic (exact) mass is 224 g/mol. The highest BCUT2D eigenvalue weighted by molar-refractivity contribution is 5.81. The van der Waals surface area contributed by atoms with Crippen LogP contribution in [0.5, 0.6) is 0 Å². The molecule has 2 N–H and O–H groups in total. The van der Waals surface area contributed by atoms with Crippen molar-refractivity contribution in [1.29, 1.82) is 0 Å². The summed E-state index contributed by atoms with van der Waals surface area (Å²) in [6, 6.07) is -0.411. The lowest BCUT2D eigenvalue weighted by Crippen LogP contribution is -2.43. The van der Waals surface area contributed by atoms with Crippen LogP contribution in [0.4, 0.5) is 0 Å². The van der Waals surface area contributed by atoms with Crippen molar-refractivity contribution in [2.75, 3.05) is 13.6 Å². The average Bonchev–Trinajstić information content (AvgIpc) is 2.29. The van der Waals surface area contributed by atoms with Crippen LogP contribution in [-0.2, 0) is 4.79 Å². The molecule has 0 bridgehead atoms. The van der Waals surface area contributed by atoms with Crippen LogP contribution in [0.1, 0.15) is 38.5 Å². The van der Waals surface area contributed by atoms with Crippen molar-refractivity contribution in [2.24, 2.45) is 11.7 Å². The van der Waals surface area contributed by atoms with Crippen molar-refractivity contribution < 1.29 is 4.79 Å². The summed E-state index contributed by atoms with van der Waals surface area (Å²) in [5.41, 5.74) is 5.77. The molecule has 0 aromatic rings. The first-order valence-electron chi connectivity index (χ1n) is 6.26. The predicted molar refractivity (Wildman–Crippen MR) is 67.0 cm³/mol. The second kappa shape index (κ2) is 6.69. The van der Waals surface area contributed by atoms with Gasteiger partial charge in [-0.3, -0.25) is 4.79 Å². The standard InChI is InChI=1S/C13H24N2O/c1-3-7-12(14)13(16)15(2)10-11-8-5-4-6-9-11/h3,11-12H,1,4-10,14H2,2H3. The Kier molecular flexibility index (Phi) is 5.53. The lowest BCUT2D eigenvalue weighted by atomic mass is 9.89. The van der Waals surface area contributed by atoms with Crippen molar-refractivity contribution in [3.8, 4) is 0 Å². The Balaban J connectivity index is 2.34. The molecule has 0 aliphatic heterocycles. The van der Waals surface area contributed by atoms with E-state index in [1.54, 1.807) is 11.0 Å². The normalized spacial score (nSPS) is 19.1. The van der Waals surface area contributed by atoms with Gasteiger partial charge >= 0.3 is 0 Å². The van der Waals surface area contributed by atoms with Crippen molar-refractivity contribution in [2.45, 2.75) is 44.6 Å². The lowest BCUT2D eigenvalue weighted by Gasteiger charge is -2.28. The number of hydrogen-bond donors (Lipinski definition) is 1. The Morgan fingerprint density at radius 2 is 2.12 bits per heavy atom. The maximum Gasteiger partial charge on any atom is 0.239 e. The van der Waals surface area contributed by atoms with Crippen LogP contribution in [0.2, 0.25) is 0 Å². The van der Waals surface area contributed by atoms with Crippen LogP contribution in [0.15, 0.2) is 12.7 Å². The molecule has 1 saturated carbocycles. The van der Waals surface area contributed by atoms with E-state index in [9.17, 15) is 4.79 Å². The van der Waals surface area contributed by atoms with E-state index in [4.69, 9.17) is 5.73 Å². The Labute approximate surface area is 98.7 Å². The van der Waals surface area contributed by atoms with Gasteiger partial charge in [-0.2, -0.15) is 0 Å². The number of nitrogens with two attached hydrogens (primary N) is 1. The van der Waals surface area contributed by atoms with Gasteiger partial charge in [0, 0.05) is 13.6 Å². The van der Waals surface area contributed by atoms with E-state index in [-0.39, 0.29) is 5.91 Å². The summed E-state index contributed by atoms with van der Waals surface area (Å²) in [4.78, 5) is 13.7. The Hall–Kier alpha value is -0.830. The number of carbonyl (C=O) groups excluding carboxylic acids is 1. The first-order valence-corrected chi connectivity index (χ1v) is 6.26. The summed E-state index contributed by atoms with van der Waals surface area (Å²) in [5.74, 6) is 0.726. The van der Waals surface area contributed by atoms with Gasteiger partial charge in [0.15, 0.2) is 0 Å². The quantitative estimate of drug-likeness (QED) is 0.725. The van der Waals surface area contributed by atoms with Gasteiger partial charge in [0.1, 0.15) is 0 Å². The van der Waals surface area contributed by atoms with Gasteiger partial charge in [-0.15, -0.1) is 6.58 Å². The van der Waals surface area contributed by atoms with Crippen LogP contribution >= 0.6 is 0 Å². The van der Waals surface area contributed by atoms with E-state index >= 15 is 0 Å². The molecule has 1 unspecified atom stereocenters. The summed E-state index contributed by atoms with van der Waals surface area (Å²) in [6.07, 6.45) is 8.76. The van der Waals surface area contributed by atoms with E-state index in [1.807, 2.05) is 7.05 Å². The van der Waals surface area contributed by atoms with Crippen molar-refractivity contribution in [3.05, 3.63) is 12.7 Å². The van der Waals surface area contributed by atoms with E-state index < -0.39 is 6.04 Å². The molecule has 1 fully saturated rings. The van der Waals surface area contributed by atoms with Gasteiger partial charge < -0.3 is 10.6 Å². The van der Waals surface area contributed by atoms with Crippen LogP contribution in [0.25, 0.3) is 0 Å². The van der Waals surface area contributed by atoms with Crippen LogP contribution < -0.4 is 5.73 Å². The summed E-state index contributed by atoms with van der Waals surface area (Å²) in [5, 5.41) is 0. The summed E-state index contributed by atoms with van der Waals surface area (Å²) < 4.78 is 0. The fourth-order valence-electron chi connectivity index (χ4n) is 2.41. The van der Waals surface area contributed by atoms with Gasteiger partial charge in [-0.05, 0) is 25.2 Å². The van der Waals surface area contributed by atoms with Gasteiger partial charge in [-0.25, -0.2) is 0 Å². The van der Waals surface area contributed by atoms with Crippen LogP contribution in [-0.4, -0.2) is 30.4 Å². The molecular weight excluding hydrogens is 200 g/mol. The minimum Gasteiger partial charge on any atom is -0.344 e. The minimum absolute atomic E-state index is 0.0467. The smallest absolute Gasteiger partial charge is 0.239 e. The van der Waals surface area contributed by atoms with Crippen molar-refractivity contribution in [1.82, 2.24) is 4.90 Å². The molecule has 1 aliphatic rings. The van der Waals surface area contributed by atoms with E-state index in [2.05, 4.69) is 6.58 Å². The molecule has 92 valence electrons. The van der Waals surface area contributed by atoms with Crippen molar-refractivity contribution >= 4 is 5.91 Å². The molecule has 0 radical (unpaired) electrons. The third kappa shape index (κ3) is 3.97. The van der Waals surface area contributed by atoms with E-state index in [0.717, 1.165) is 6.54 Å². The van der Waals surface area contributed by atoms with Gasteiger partial charge in [0.2, 0.25) is 5.91 Å². The Morgan fingerprint density at radius 3 is 2.69 bits per heavy atom. The molecule has 1 rings (SSSR count). The molecule has 0 aromatic carbocycles. The second-order valence-corrected chi connectivity index (χ2v) is 4.85. The Morgan fingerprint density at radius 1 is 1.50 bits per heavy atom. The fourth-order valence-corrected chi connectivity index (χ4v) is 2.41. The zero-order chi connectivity index (χ0) is 12.0. The number of rotatable bonds is 5. The number of nitrogens with zero attached hydrogens (tertiary/aromatic N) is 1. The zero-order valence-electron chi connectivity index (χ0n) is 10.3. The third-order valence-corrected chi connectivity index (χ3v) is 3.37. The first-order chi connectivity index (χ1) is 7.65. The number of likely N-dealkylation sites (N-methyl/N-ethyl adjacent to an activating group) is 1. The molecule has 1 atom stereocenters. The maximum absolute atomic E-state index is 11.9. The van der Waals surface area contributed by atoms with E-state index in [1.165, 1.54) is 32.1 Å². The second-order valence-electron chi connectivity index (χ2n) is 4.85. The van der Waals surface area contributed by atoms with Gasteiger partial charge in [0.05, 0.1) is 6.04 Å². The maximum atomic E-state index is 11.9. The molecule has 16 heavy (non-hydrogen) atoms. The summed E-state index contributed by atoms with van der Waals surface area (Å²) >= 11 is 0. The molecule has 1 amide bonds. The number of amides is 1. The average molecular weight is 224 g/mol. The molecule has 3 heteroatoms. The topological polar surface area (TPSA) is 46.3 Å². The lowest BCUT2D eigenvalue weighted by molar-refractivity contribution is -0.131. The van der Waals surface area contributed by atoms with E-state index in [0.29, 0.717) is 12.3 Å². The predicted octanol–water partition coefficient (Wildman–Crippen LogP) is 1.93. The SMILES string of the molecule is C=CCC(N)C(=O)N(C)CC1CCCCC1. The first kappa shape index (κ1) is 13.2. The Bertz CT molecular complexity index is 234. The largest absolute Gasteiger partial charge is 0.344 e.